The zero-order valence-corrected chi connectivity index (χ0v) is 12.8. The van der Waals surface area contributed by atoms with Crippen LogP contribution < -0.4 is 10.1 Å². The number of hydrogen-bond donors (Lipinski definition) is 2. The number of aliphatic hydroxyl groups is 1. The lowest BCUT2D eigenvalue weighted by Crippen LogP contribution is -2.40. The highest BCUT2D eigenvalue weighted by Gasteiger charge is 2.31. The number of ether oxygens (including phenoxy) is 1. The predicted octanol–water partition coefficient (Wildman–Crippen LogP) is 0.410. The van der Waals surface area contributed by atoms with Crippen molar-refractivity contribution in [1.82, 2.24) is 4.31 Å². The van der Waals surface area contributed by atoms with Gasteiger partial charge in [0.2, 0.25) is 10.0 Å². The van der Waals surface area contributed by atoms with Crippen molar-refractivity contribution in [2.75, 3.05) is 31.6 Å². The fraction of sp³-hybridized carbons (Fsp3) is 0.500. The molecule has 0 bridgehead atoms. The van der Waals surface area contributed by atoms with Crippen molar-refractivity contribution in [1.29, 1.82) is 0 Å². The zero-order valence-electron chi connectivity index (χ0n) is 12.0. The number of piperidine rings is 1. The SMILES string of the molecule is O=C1COc2ccc(S(=O)(=O)N3CCCC(CO)C3)cc2N1. The summed E-state index contributed by atoms with van der Waals surface area (Å²) in [6, 6.07) is 4.45. The maximum absolute atomic E-state index is 12.7. The maximum atomic E-state index is 12.7. The minimum atomic E-state index is -3.64. The second-order valence-corrected chi connectivity index (χ2v) is 7.49. The molecule has 0 aliphatic carbocycles. The van der Waals surface area contributed by atoms with Crippen LogP contribution in [0, 0.1) is 5.92 Å². The van der Waals surface area contributed by atoms with Crippen molar-refractivity contribution in [3.8, 4) is 5.75 Å². The fourth-order valence-electron chi connectivity index (χ4n) is 2.77. The highest BCUT2D eigenvalue weighted by atomic mass is 32.2. The Labute approximate surface area is 128 Å². The molecule has 2 N–H and O–H groups in total. The van der Waals surface area contributed by atoms with Crippen LogP contribution in [0.2, 0.25) is 0 Å². The van der Waals surface area contributed by atoms with E-state index < -0.39 is 10.0 Å². The lowest BCUT2D eigenvalue weighted by atomic mass is 10.0. The van der Waals surface area contributed by atoms with Gasteiger partial charge in [-0.05, 0) is 37.0 Å². The van der Waals surface area contributed by atoms with Gasteiger partial charge in [-0.2, -0.15) is 4.31 Å². The number of sulfonamides is 1. The van der Waals surface area contributed by atoms with Gasteiger partial charge >= 0.3 is 0 Å². The molecule has 1 fully saturated rings. The number of carbonyl (C=O) groups is 1. The van der Waals surface area contributed by atoms with Gasteiger partial charge in [-0.1, -0.05) is 0 Å². The van der Waals surface area contributed by atoms with E-state index in [4.69, 9.17) is 4.74 Å². The quantitative estimate of drug-likeness (QED) is 0.839. The molecule has 2 heterocycles. The molecule has 1 aromatic carbocycles. The molecule has 1 amide bonds. The number of fused-ring (bicyclic) bond motifs is 1. The molecule has 0 saturated carbocycles. The molecule has 1 saturated heterocycles. The smallest absolute Gasteiger partial charge is 0.262 e. The molecule has 1 atom stereocenters. The molecule has 2 aliphatic heterocycles. The third kappa shape index (κ3) is 2.81. The molecule has 8 heteroatoms. The molecule has 2 aliphatic rings. The highest BCUT2D eigenvalue weighted by Crippen LogP contribution is 2.32. The number of aliphatic hydroxyl groups excluding tert-OH is 1. The van der Waals surface area contributed by atoms with Crippen molar-refractivity contribution >= 4 is 21.6 Å². The van der Waals surface area contributed by atoms with Crippen molar-refractivity contribution in [2.24, 2.45) is 5.92 Å². The van der Waals surface area contributed by atoms with Gasteiger partial charge in [0.25, 0.3) is 5.91 Å². The molecule has 1 unspecified atom stereocenters. The number of carbonyl (C=O) groups excluding carboxylic acids is 1. The molecule has 0 aromatic heterocycles. The van der Waals surface area contributed by atoms with Gasteiger partial charge in [0.05, 0.1) is 10.6 Å². The summed E-state index contributed by atoms with van der Waals surface area (Å²) in [6.45, 7) is 0.682. The van der Waals surface area contributed by atoms with Gasteiger partial charge in [-0.3, -0.25) is 4.79 Å². The molecule has 3 rings (SSSR count). The van der Waals surface area contributed by atoms with Crippen molar-refractivity contribution in [2.45, 2.75) is 17.7 Å². The molecular formula is C14H18N2O5S. The third-order valence-corrected chi connectivity index (χ3v) is 5.82. The van der Waals surface area contributed by atoms with Crippen molar-refractivity contribution in [3.63, 3.8) is 0 Å². The Morgan fingerprint density at radius 1 is 1.41 bits per heavy atom. The van der Waals surface area contributed by atoms with Crippen LogP contribution in [0.1, 0.15) is 12.8 Å². The number of nitrogens with zero attached hydrogens (tertiary/aromatic N) is 1. The van der Waals surface area contributed by atoms with Crippen LogP contribution in [-0.2, 0) is 14.8 Å². The van der Waals surface area contributed by atoms with Gasteiger partial charge < -0.3 is 15.2 Å². The van der Waals surface area contributed by atoms with E-state index >= 15 is 0 Å². The summed E-state index contributed by atoms with van der Waals surface area (Å²) >= 11 is 0. The van der Waals surface area contributed by atoms with Gasteiger partial charge in [0, 0.05) is 19.7 Å². The van der Waals surface area contributed by atoms with E-state index in [1.807, 2.05) is 0 Å². The van der Waals surface area contributed by atoms with E-state index in [9.17, 15) is 18.3 Å². The summed E-state index contributed by atoms with van der Waals surface area (Å²) < 4.78 is 32.0. The third-order valence-electron chi connectivity index (χ3n) is 3.96. The largest absolute Gasteiger partial charge is 0.482 e. The molecule has 22 heavy (non-hydrogen) atoms. The molecular weight excluding hydrogens is 308 g/mol. The van der Waals surface area contributed by atoms with Crippen LogP contribution in [-0.4, -0.2) is 50.0 Å². The van der Waals surface area contributed by atoms with Gasteiger partial charge in [-0.25, -0.2) is 8.42 Å². The molecule has 7 nitrogen and oxygen atoms in total. The monoisotopic (exact) mass is 326 g/mol. The van der Waals surface area contributed by atoms with E-state index in [0.717, 1.165) is 12.8 Å². The van der Waals surface area contributed by atoms with Crippen LogP contribution in [0.5, 0.6) is 5.75 Å². The number of anilines is 1. The molecule has 1 aromatic rings. The van der Waals surface area contributed by atoms with E-state index in [2.05, 4.69) is 5.32 Å². The Balaban J connectivity index is 1.89. The van der Waals surface area contributed by atoms with E-state index in [-0.39, 0.29) is 29.9 Å². The second kappa shape index (κ2) is 5.86. The van der Waals surface area contributed by atoms with E-state index in [1.165, 1.54) is 16.4 Å². The Hall–Kier alpha value is -1.64. The zero-order chi connectivity index (χ0) is 15.7. The molecule has 0 spiro atoms. The topological polar surface area (TPSA) is 95.9 Å². The summed E-state index contributed by atoms with van der Waals surface area (Å²) in [5, 5.41) is 11.9. The van der Waals surface area contributed by atoms with Crippen LogP contribution >= 0.6 is 0 Å². The Bertz CT molecular complexity index is 688. The average Bonchev–Trinajstić information content (AvgIpc) is 2.54. The Morgan fingerprint density at radius 3 is 3.00 bits per heavy atom. The molecule has 120 valence electrons. The van der Waals surface area contributed by atoms with E-state index in [1.54, 1.807) is 6.07 Å². The Morgan fingerprint density at radius 2 is 2.23 bits per heavy atom. The second-order valence-electron chi connectivity index (χ2n) is 5.55. The first kappa shape index (κ1) is 15.3. The van der Waals surface area contributed by atoms with Crippen LogP contribution in [0.3, 0.4) is 0 Å². The van der Waals surface area contributed by atoms with Crippen LogP contribution in [0.25, 0.3) is 0 Å². The summed E-state index contributed by atoms with van der Waals surface area (Å²) in [7, 11) is -3.64. The maximum Gasteiger partial charge on any atom is 0.262 e. The van der Waals surface area contributed by atoms with Gasteiger partial charge in [0.15, 0.2) is 6.61 Å². The first-order valence-corrected chi connectivity index (χ1v) is 8.62. The number of hydrogen-bond acceptors (Lipinski definition) is 5. The lowest BCUT2D eigenvalue weighted by Gasteiger charge is -2.31. The predicted molar refractivity (Wildman–Crippen MR) is 79.1 cm³/mol. The Kier molecular flexibility index (Phi) is 4.07. The number of benzene rings is 1. The lowest BCUT2D eigenvalue weighted by molar-refractivity contribution is -0.118. The van der Waals surface area contributed by atoms with E-state index in [0.29, 0.717) is 24.5 Å². The van der Waals surface area contributed by atoms with Gasteiger partial charge in [0.1, 0.15) is 5.75 Å². The van der Waals surface area contributed by atoms with Crippen molar-refractivity contribution in [3.05, 3.63) is 18.2 Å². The van der Waals surface area contributed by atoms with Gasteiger partial charge in [-0.15, -0.1) is 0 Å². The minimum Gasteiger partial charge on any atom is -0.482 e. The summed E-state index contributed by atoms with van der Waals surface area (Å²) in [5.74, 6) is 0.134. The summed E-state index contributed by atoms with van der Waals surface area (Å²) in [5.41, 5.74) is 0.369. The number of nitrogens with one attached hydrogen (secondary N) is 1. The van der Waals surface area contributed by atoms with Crippen LogP contribution in [0.15, 0.2) is 23.1 Å². The number of amides is 1. The normalized spacial score (nSPS) is 22.6. The highest BCUT2D eigenvalue weighted by molar-refractivity contribution is 7.89. The minimum absolute atomic E-state index is 0.0138. The number of rotatable bonds is 3. The molecule has 0 radical (unpaired) electrons. The average molecular weight is 326 g/mol. The fourth-order valence-corrected chi connectivity index (χ4v) is 4.35. The summed E-state index contributed by atoms with van der Waals surface area (Å²) in [4.78, 5) is 11.5. The first-order chi connectivity index (χ1) is 10.5. The van der Waals surface area contributed by atoms with Crippen molar-refractivity contribution < 1.29 is 23.1 Å². The van der Waals surface area contributed by atoms with Crippen LogP contribution in [0.4, 0.5) is 5.69 Å². The standard InChI is InChI=1S/C14H18N2O5S/c17-8-10-2-1-5-16(7-10)22(19,20)11-3-4-13-12(6-11)15-14(18)9-21-13/h3-4,6,10,17H,1-2,5,7-9H2,(H,15,18). The summed E-state index contributed by atoms with van der Waals surface area (Å²) in [6.07, 6.45) is 1.56. The first-order valence-electron chi connectivity index (χ1n) is 7.18.